The van der Waals surface area contributed by atoms with Crippen LogP contribution in [0, 0.1) is 0 Å². The Morgan fingerprint density at radius 2 is 1.18 bits per heavy atom. The molecule has 0 aliphatic rings. The number of hydrogen-bond acceptors (Lipinski definition) is 5. The number of rotatable bonds is 17. The second-order valence-corrected chi connectivity index (χ2v) is 20.7. The van der Waals surface area contributed by atoms with Gasteiger partial charge in [0.25, 0.3) is 0 Å². The van der Waals surface area contributed by atoms with Crippen molar-refractivity contribution in [3.05, 3.63) is 12.2 Å². The molecule has 9 heteroatoms. The fourth-order valence-corrected chi connectivity index (χ4v) is 18.9. The minimum absolute atomic E-state index is 0. The predicted molar refractivity (Wildman–Crippen MR) is 132 cm³/mol. The fourth-order valence-electron chi connectivity index (χ4n) is 2.96. The average Bonchev–Trinajstić information content (AvgIpc) is 2.71. The van der Waals surface area contributed by atoms with Gasteiger partial charge in [-0.15, -0.1) is 0 Å². The Morgan fingerprint density at radius 1 is 0.821 bits per heavy atom. The Bertz CT molecular complexity index is 416. The highest BCUT2D eigenvalue weighted by molar-refractivity contribution is 6.81. The van der Waals surface area contributed by atoms with E-state index in [4.69, 9.17) is 17.1 Å². The summed E-state index contributed by atoms with van der Waals surface area (Å²) < 4.78 is 25.7. The first-order chi connectivity index (χ1) is 13.3. The van der Waals surface area contributed by atoms with Gasteiger partial charge in [-0.2, -0.15) is 0 Å². The van der Waals surface area contributed by atoms with E-state index in [-0.39, 0.29) is 10.2 Å². The molecule has 0 heterocycles. The van der Waals surface area contributed by atoms with E-state index in [1.807, 2.05) is 0 Å². The lowest BCUT2D eigenvalue weighted by atomic mass is 10.4. The molecule has 0 fully saturated rings. The third-order valence-corrected chi connectivity index (χ3v) is 19.7. The quantitative estimate of drug-likeness (QED) is 0.129. The number of esters is 1. The van der Waals surface area contributed by atoms with Crippen molar-refractivity contribution in [1.82, 2.24) is 0 Å². The van der Waals surface area contributed by atoms with Crippen LogP contribution < -0.4 is 0 Å². The van der Waals surface area contributed by atoms with E-state index >= 15 is 0 Å². The molecule has 0 aromatic rings. The topological polar surface area (TPSA) is 54.0 Å². The first-order valence-corrected chi connectivity index (χ1v) is 19.4. The molecular formula is C19H47O5Si4+3. The highest BCUT2D eigenvalue weighted by Gasteiger charge is 2.45. The molecule has 166 valence electrons. The molecule has 0 radical (unpaired) electrons. The van der Waals surface area contributed by atoms with Gasteiger partial charge in [-0.1, -0.05) is 48.1 Å². The number of carbonyl (C=O) groups is 1. The first kappa shape index (κ1) is 28.0. The molecule has 0 aromatic heterocycles. The van der Waals surface area contributed by atoms with E-state index in [2.05, 4.69) is 48.1 Å². The van der Waals surface area contributed by atoms with Gasteiger partial charge in [0, 0.05) is 11.6 Å². The summed E-state index contributed by atoms with van der Waals surface area (Å²) in [6, 6.07) is 7.33. The highest BCUT2D eigenvalue weighted by Crippen LogP contribution is 2.26. The van der Waals surface area contributed by atoms with Crippen molar-refractivity contribution >= 4 is 41.9 Å². The Labute approximate surface area is 184 Å². The molecule has 0 saturated heterocycles. The molecule has 0 N–H and O–H groups in total. The van der Waals surface area contributed by atoms with Crippen LogP contribution in [0.1, 0.15) is 59.2 Å². The van der Waals surface area contributed by atoms with Crippen LogP contribution in [0.4, 0.5) is 0 Å². The van der Waals surface area contributed by atoms with E-state index in [0.717, 1.165) is 48.7 Å². The smallest absolute Gasteiger partial charge is 0.462 e. The largest absolute Gasteiger partial charge is 1.00 e. The van der Waals surface area contributed by atoms with Crippen LogP contribution in [0.2, 0.25) is 42.3 Å². The van der Waals surface area contributed by atoms with Crippen LogP contribution in [0.15, 0.2) is 12.2 Å². The van der Waals surface area contributed by atoms with Gasteiger partial charge in [-0.05, 0) is 49.6 Å². The van der Waals surface area contributed by atoms with Crippen molar-refractivity contribution in [3.8, 4) is 0 Å². The second-order valence-electron chi connectivity index (χ2n) is 7.37. The lowest BCUT2D eigenvalue weighted by molar-refractivity contribution is -0.138. The molecule has 0 aliphatic carbocycles. The van der Waals surface area contributed by atoms with E-state index in [1.165, 1.54) is 0 Å². The van der Waals surface area contributed by atoms with Crippen molar-refractivity contribution in [3.63, 3.8) is 0 Å². The highest BCUT2D eigenvalue weighted by atomic mass is 28.5. The van der Waals surface area contributed by atoms with Gasteiger partial charge in [-0.3, -0.25) is 0 Å². The average molecular weight is 468 g/mol. The molecule has 0 saturated carbocycles. The second kappa shape index (κ2) is 15.8. The minimum atomic E-state index is -2.74. The summed E-state index contributed by atoms with van der Waals surface area (Å²) in [5.74, 6) is -0.326. The summed E-state index contributed by atoms with van der Waals surface area (Å²) >= 11 is 0. The monoisotopic (exact) mass is 467 g/mol. The number of ether oxygens (including phenoxy) is 1. The lowest BCUT2D eigenvalue weighted by Crippen LogP contribution is -2.55. The SMILES string of the molecule is C=C(C)C(=O)OCCC[Si](O[SiH](CC)CC)(O[SiH](CC)CC)O[SiH](CC)CC.[H+].[H+].[H+]. The van der Waals surface area contributed by atoms with Gasteiger partial charge in [0.15, 0.2) is 27.1 Å². The maximum absolute atomic E-state index is 11.7. The first-order valence-electron chi connectivity index (χ1n) is 11.2. The van der Waals surface area contributed by atoms with Crippen LogP contribution in [-0.2, 0) is 21.9 Å². The molecule has 0 rings (SSSR count). The van der Waals surface area contributed by atoms with Gasteiger partial charge in [0.1, 0.15) is 0 Å². The summed E-state index contributed by atoms with van der Waals surface area (Å²) in [4.78, 5) is 11.7. The summed E-state index contributed by atoms with van der Waals surface area (Å²) in [5, 5.41) is 0. The van der Waals surface area contributed by atoms with E-state index < -0.39 is 35.9 Å². The van der Waals surface area contributed by atoms with E-state index in [1.54, 1.807) is 6.92 Å². The Morgan fingerprint density at radius 3 is 1.46 bits per heavy atom. The molecule has 0 amide bonds. The minimum Gasteiger partial charge on any atom is -0.462 e. The van der Waals surface area contributed by atoms with Gasteiger partial charge in [0.2, 0.25) is 0 Å². The van der Waals surface area contributed by atoms with E-state index in [0.29, 0.717) is 12.2 Å². The van der Waals surface area contributed by atoms with Crippen LogP contribution in [0.5, 0.6) is 0 Å². The molecule has 0 atom stereocenters. The van der Waals surface area contributed by atoms with Crippen LogP contribution in [0.25, 0.3) is 0 Å². The van der Waals surface area contributed by atoms with Crippen molar-refractivity contribution < 1.29 is 26.2 Å². The van der Waals surface area contributed by atoms with Crippen molar-refractivity contribution in [2.45, 2.75) is 97.2 Å². The van der Waals surface area contributed by atoms with Crippen molar-refractivity contribution in [1.29, 1.82) is 0 Å². The Kier molecular flexibility index (Phi) is 15.7. The van der Waals surface area contributed by atoms with Gasteiger partial charge in [-0.25, -0.2) is 4.79 Å². The zero-order valence-corrected chi connectivity index (χ0v) is 23.8. The molecule has 0 spiro atoms. The summed E-state index contributed by atoms with van der Waals surface area (Å²) in [6.45, 7) is 19.0. The number of carbonyl (C=O) groups excluding carboxylic acids is 1. The molecule has 0 aromatic carbocycles. The standard InChI is InChI=1S/C19H44O5Si4/c1-9-25(10-2)22-28(23-26(11-3)12-4,24-27(13-5)14-6)17-15-16-21-19(20)18(7)8/h25-27H,7,9-17H2,1-6,8H3/p+3. The van der Waals surface area contributed by atoms with Gasteiger partial charge >= 0.3 is 19.1 Å². The molecule has 0 aliphatic heterocycles. The molecule has 5 nitrogen and oxygen atoms in total. The zero-order valence-electron chi connectivity index (χ0n) is 22.3. The third kappa shape index (κ3) is 10.7. The predicted octanol–water partition coefficient (Wildman–Crippen LogP) is 5.11. The maximum Gasteiger partial charge on any atom is 1.00 e. The summed E-state index contributed by atoms with van der Waals surface area (Å²) in [6.07, 6.45) is 0.725. The van der Waals surface area contributed by atoms with Gasteiger partial charge < -0.3 is 17.1 Å². The van der Waals surface area contributed by atoms with Crippen LogP contribution in [0.3, 0.4) is 0 Å². The number of hydrogen-bond donors (Lipinski definition) is 0. The maximum atomic E-state index is 11.7. The summed E-state index contributed by atoms with van der Waals surface area (Å²) in [5.41, 5.74) is 0.436. The lowest BCUT2D eigenvalue weighted by Gasteiger charge is -2.38. The van der Waals surface area contributed by atoms with Crippen LogP contribution >= 0.6 is 0 Å². The molecular weight excluding hydrogens is 421 g/mol. The Balaban J connectivity index is -0.00000121. The third-order valence-electron chi connectivity index (χ3n) is 4.98. The summed E-state index contributed by atoms with van der Waals surface area (Å²) in [7, 11) is -6.74. The zero-order chi connectivity index (χ0) is 21.6. The molecule has 0 unspecified atom stereocenters. The fraction of sp³-hybridized carbons (Fsp3) is 0.842. The van der Waals surface area contributed by atoms with E-state index in [9.17, 15) is 4.79 Å². The van der Waals surface area contributed by atoms with Crippen molar-refractivity contribution in [2.75, 3.05) is 6.61 Å². The van der Waals surface area contributed by atoms with Crippen molar-refractivity contribution in [2.24, 2.45) is 0 Å². The normalized spacial score (nSPS) is 12.2. The van der Waals surface area contributed by atoms with Gasteiger partial charge in [0.05, 0.1) is 6.61 Å². The molecule has 0 bridgehead atoms. The Hall–Kier alpha value is -0.0425. The molecule has 28 heavy (non-hydrogen) atoms. The van der Waals surface area contributed by atoms with Crippen LogP contribution in [-0.4, -0.2) is 48.5 Å².